The molecule has 1 nitrogen and oxygen atoms in total. The van der Waals surface area contributed by atoms with Gasteiger partial charge >= 0.3 is 0 Å². The molecule has 23 heavy (non-hydrogen) atoms. The Morgan fingerprint density at radius 2 is 1.78 bits per heavy atom. The first-order chi connectivity index (χ1) is 10.8. The van der Waals surface area contributed by atoms with E-state index in [4.69, 9.17) is 5.73 Å². The van der Waals surface area contributed by atoms with Gasteiger partial charge in [0.25, 0.3) is 0 Å². The van der Waals surface area contributed by atoms with Crippen LogP contribution in [0.15, 0.2) is 48.6 Å². The van der Waals surface area contributed by atoms with Gasteiger partial charge in [0.15, 0.2) is 0 Å². The van der Waals surface area contributed by atoms with Gasteiger partial charge < -0.3 is 5.73 Å². The van der Waals surface area contributed by atoms with E-state index in [1.165, 1.54) is 22.3 Å². The smallest absolute Gasteiger partial charge is 0.0604 e. The molecule has 1 unspecified atom stereocenters. The van der Waals surface area contributed by atoms with Crippen LogP contribution in [0.5, 0.6) is 0 Å². The van der Waals surface area contributed by atoms with Crippen molar-refractivity contribution in [1.82, 2.24) is 0 Å². The fourth-order valence-corrected chi connectivity index (χ4v) is 4.19. The molecule has 1 aromatic carbocycles. The number of hydrogen-bond donors (Lipinski definition) is 1. The third-order valence-electron chi connectivity index (χ3n) is 5.72. The van der Waals surface area contributed by atoms with Crippen molar-refractivity contribution in [2.75, 3.05) is 0 Å². The molecule has 1 aliphatic rings. The van der Waals surface area contributed by atoms with Gasteiger partial charge in [-0.3, -0.25) is 0 Å². The number of hydrogen-bond acceptors (Lipinski definition) is 1. The lowest BCUT2D eigenvalue weighted by molar-refractivity contribution is 0.291. The highest BCUT2D eigenvalue weighted by molar-refractivity contribution is 5.79. The first-order valence-corrected chi connectivity index (χ1v) is 8.75. The SMILES string of the molecule is C=C(C)c1ccc(C2=CCC(CC)(CC)/C(=C\C)C2(C)N)cc1. The summed E-state index contributed by atoms with van der Waals surface area (Å²) in [5.41, 5.74) is 12.8. The molecular weight excluding hydrogens is 278 g/mol. The molecule has 0 amide bonds. The minimum atomic E-state index is -0.413. The third kappa shape index (κ3) is 2.95. The summed E-state index contributed by atoms with van der Waals surface area (Å²) in [6.07, 6.45) is 7.96. The Kier molecular flexibility index (Phi) is 5.01. The maximum absolute atomic E-state index is 6.88. The maximum atomic E-state index is 6.88. The normalized spacial score (nSPS) is 25.3. The van der Waals surface area contributed by atoms with Crippen molar-refractivity contribution in [3.05, 3.63) is 59.7 Å². The first kappa shape index (κ1) is 17.7. The van der Waals surface area contributed by atoms with Gasteiger partial charge in [0, 0.05) is 0 Å². The lowest BCUT2D eigenvalue weighted by atomic mass is 9.60. The van der Waals surface area contributed by atoms with E-state index in [2.05, 4.69) is 70.7 Å². The van der Waals surface area contributed by atoms with Gasteiger partial charge in [0.2, 0.25) is 0 Å². The van der Waals surface area contributed by atoms with Gasteiger partial charge in [-0.25, -0.2) is 0 Å². The van der Waals surface area contributed by atoms with Crippen LogP contribution in [-0.2, 0) is 0 Å². The Morgan fingerprint density at radius 3 is 2.22 bits per heavy atom. The summed E-state index contributed by atoms with van der Waals surface area (Å²) in [6, 6.07) is 8.65. The largest absolute Gasteiger partial charge is 0.318 e. The molecule has 1 heteroatoms. The fraction of sp³-hybridized carbons (Fsp3) is 0.455. The van der Waals surface area contributed by atoms with E-state index >= 15 is 0 Å². The van der Waals surface area contributed by atoms with Crippen molar-refractivity contribution in [1.29, 1.82) is 0 Å². The van der Waals surface area contributed by atoms with Crippen LogP contribution in [0.3, 0.4) is 0 Å². The van der Waals surface area contributed by atoms with Crippen molar-refractivity contribution in [3.63, 3.8) is 0 Å². The molecule has 0 saturated carbocycles. The quantitative estimate of drug-likeness (QED) is 0.680. The summed E-state index contributed by atoms with van der Waals surface area (Å²) in [5.74, 6) is 0. The van der Waals surface area contributed by atoms with Crippen LogP contribution in [0, 0.1) is 5.41 Å². The second-order valence-corrected chi connectivity index (χ2v) is 7.07. The average molecular weight is 309 g/mol. The van der Waals surface area contributed by atoms with Gasteiger partial charge in [-0.1, -0.05) is 62.4 Å². The van der Waals surface area contributed by atoms with E-state index in [1.54, 1.807) is 0 Å². The van der Waals surface area contributed by atoms with Gasteiger partial charge in [-0.05, 0) is 67.7 Å². The first-order valence-electron chi connectivity index (χ1n) is 8.75. The molecule has 0 bridgehead atoms. The lowest BCUT2D eigenvalue weighted by Crippen LogP contribution is -2.48. The molecule has 0 heterocycles. The molecule has 0 radical (unpaired) electrons. The lowest BCUT2D eigenvalue weighted by Gasteiger charge is -2.47. The Balaban J connectivity index is 2.51. The highest BCUT2D eigenvalue weighted by Crippen LogP contribution is 2.51. The number of nitrogens with two attached hydrogens (primary N) is 1. The van der Waals surface area contributed by atoms with Gasteiger partial charge in [-0.15, -0.1) is 0 Å². The second kappa shape index (κ2) is 6.49. The number of allylic oxidation sites excluding steroid dienone is 3. The van der Waals surface area contributed by atoms with E-state index in [1.807, 2.05) is 6.92 Å². The highest BCUT2D eigenvalue weighted by atomic mass is 14.8. The Hall–Kier alpha value is -1.60. The van der Waals surface area contributed by atoms with E-state index in [-0.39, 0.29) is 5.41 Å². The zero-order valence-electron chi connectivity index (χ0n) is 15.4. The number of rotatable bonds is 4. The zero-order chi connectivity index (χ0) is 17.3. The molecular formula is C22H31N. The van der Waals surface area contributed by atoms with Crippen molar-refractivity contribution >= 4 is 11.1 Å². The molecule has 0 spiro atoms. The monoisotopic (exact) mass is 309 g/mol. The van der Waals surface area contributed by atoms with E-state index in [0.29, 0.717) is 0 Å². The average Bonchev–Trinajstić information content (AvgIpc) is 2.53. The fourth-order valence-electron chi connectivity index (χ4n) is 4.19. The van der Waals surface area contributed by atoms with Crippen molar-refractivity contribution in [2.45, 2.75) is 59.4 Å². The van der Waals surface area contributed by atoms with E-state index in [0.717, 1.165) is 24.8 Å². The second-order valence-electron chi connectivity index (χ2n) is 7.07. The minimum absolute atomic E-state index is 0.208. The molecule has 2 N–H and O–H groups in total. The summed E-state index contributed by atoms with van der Waals surface area (Å²) in [6.45, 7) is 14.9. The van der Waals surface area contributed by atoms with Crippen LogP contribution >= 0.6 is 0 Å². The molecule has 2 rings (SSSR count). The molecule has 0 saturated heterocycles. The van der Waals surface area contributed by atoms with Crippen LogP contribution in [0.25, 0.3) is 11.1 Å². The summed E-state index contributed by atoms with van der Waals surface area (Å²) < 4.78 is 0. The summed E-state index contributed by atoms with van der Waals surface area (Å²) in [7, 11) is 0. The third-order valence-corrected chi connectivity index (χ3v) is 5.72. The molecule has 1 aromatic rings. The molecule has 0 aliphatic heterocycles. The minimum Gasteiger partial charge on any atom is -0.318 e. The molecule has 124 valence electrons. The van der Waals surface area contributed by atoms with Crippen LogP contribution in [0.2, 0.25) is 0 Å². The summed E-state index contributed by atoms with van der Waals surface area (Å²) in [5, 5.41) is 0. The van der Waals surface area contributed by atoms with Gasteiger partial charge in [0.05, 0.1) is 5.54 Å². The topological polar surface area (TPSA) is 26.0 Å². The Bertz CT molecular complexity index is 637. The highest BCUT2D eigenvalue weighted by Gasteiger charge is 2.44. The Morgan fingerprint density at radius 1 is 1.22 bits per heavy atom. The van der Waals surface area contributed by atoms with Crippen LogP contribution in [0.4, 0.5) is 0 Å². The predicted molar refractivity (Wildman–Crippen MR) is 103 cm³/mol. The standard InChI is InChI=1S/C22H31N/c1-7-20-21(6,23)19(14-15-22(20,8-2)9-3)18-12-10-17(11-13-18)16(4)5/h7,10-14H,4,8-9,15,23H2,1-3,5-6H3/b20-7-. The number of benzene rings is 1. The van der Waals surface area contributed by atoms with Gasteiger partial charge in [0.1, 0.15) is 0 Å². The van der Waals surface area contributed by atoms with Crippen LogP contribution < -0.4 is 5.73 Å². The van der Waals surface area contributed by atoms with Crippen LogP contribution in [-0.4, -0.2) is 5.54 Å². The van der Waals surface area contributed by atoms with E-state index < -0.39 is 5.54 Å². The van der Waals surface area contributed by atoms with Crippen molar-refractivity contribution in [2.24, 2.45) is 11.1 Å². The molecule has 1 aliphatic carbocycles. The van der Waals surface area contributed by atoms with Crippen molar-refractivity contribution in [3.8, 4) is 0 Å². The summed E-state index contributed by atoms with van der Waals surface area (Å²) >= 11 is 0. The van der Waals surface area contributed by atoms with Crippen molar-refractivity contribution < 1.29 is 0 Å². The molecule has 0 aromatic heterocycles. The summed E-state index contributed by atoms with van der Waals surface area (Å²) in [4.78, 5) is 0. The van der Waals surface area contributed by atoms with E-state index in [9.17, 15) is 0 Å². The zero-order valence-corrected chi connectivity index (χ0v) is 15.4. The molecule has 1 atom stereocenters. The molecule has 0 fully saturated rings. The Labute approximate surface area is 142 Å². The van der Waals surface area contributed by atoms with Gasteiger partial charge in [-0.2, -0.15) is 0 Å². The van der Waals surface area contributed by atoms with Crippen LogP contribution in [0.1, 0.15) is 65.0 Å². The predicted octanol–water partition coefficient (Wildman–Crippen LogP) is 5.98. The maximum Gasteiger partial charge on any atom is 0.0604 e.